The number of nitrogens with one attached hydrogen (secondary N) is 1. The lowest BCUT2D eigenvalue weighted by atomic mass is 9.82. The molecule has 1 amide bonds. The standard InChI is InChI=1S/C22H41NO11S2Si/c1-9-18(25)33-11-17(24)12-34-20(27)21(2,3)10-16(13-35-15-37(8,31-6)32-7)19(26)23-22(4,5)14-36(28,29)30/h9,16-17,24H,1,10-15H2,2-8H3,(H,23,26)(H,28,29,30)/p-1. The van der Waals surface area contributed by atoms with Gasteiger partial charge in [-0.15, -0.1) is 0 Å². The second-order valence-corrected chi connectivity index (χ2v) is 16.4. The second-order valence-electron chi connectivity index (χ2n) is 10.0. The number of thioether (sulfide) groups is 1. The molecular weight excluding hydrogens is 546 g/mol. The maximum Gasteiger partial charge on any atom is 0.344 e. The monoisotopic (exact) mass is 586 g/mol. The topological polar surface area (TPSA) is 178 Å². The van der Waals surface area contributed by atoms with Gasteiger partial charge in [0.15, 0.2) is 0 Å². The van der Waals surface area contributed by atoms with Crippen molar-refractivity contribution in [3.05, 3.63) is 12.7 Å². The molecule has 2 unspecified atom stereocenters. The summed E-state index contributed by atoms with van der Waals surface area (Å²) in [6.45, 7) is 10.3. The van der Waals surface area contributed by atoms with Crippen molar-refractivity contribution in [1.29, 1.82) is 0 Å². The summed E-state index contributed by atoms with van der Waals surface area (Å²) in [5.74, 6) is -3.28. The van der Waals surface area contributed by atoms with Gasteiger partial charge in [0.05, 0.1) is 21.3 Å². The molecule has 0 saturated carbocycles. The van der Waals surface area contributed by atoms with Gasteiger partial charge in [0.2, 0.25) is 5.91 Å². The fraction of sp³-hybridized carbons (Fsp3) is 0.773. The third-order valence-electron chi connectivity index (χ3n) is 5.22. The zero-order valence-corrected chi connectivity index (χ0v) is 25.2. The molecule has 0 aromatic heterocycles. The number of aliphatic hydroxyl groups is 1. The quantitative estimate of drug-likeness (QED) is 0.0997. The molecule has 37 heavy (non-hydrogen) atoms. The van der Waals surface area contributed by atoms with E-state index in [1.165, 1.54) is 39.8 Å². The van der Waals surface area contributed by atoms with Crippen LogP contribution in [0, 0.1) is 11.3 Å². The van der Waals surface area contributed by atoms with Gasteiger partial charge in [0.25, 0.3) is 0 Å². The van der Waals surface area contributed by atoms with Gasteiger partial charge < -0.3 is 33.3 Å². The Bertz CT molecular complexity index is 889. The number of aliphatic hydroxyl groups excluding tert-OH is 1. The van der Waals surface area contributed by atoms with Crippen LogP contribution in [0.15, 0.2) is 12.7 Å². The van der Waals surface area contributed by atoms with E-state index < -0.39 is 71.9 Å². The van der Waals surface area contributed by atoms with Crippen LogP contribution in [0.1, 0.15) is 34.1 Å². The van der Waals surface area contributed by atoms with Gasteiger partial charge in [-0.05, 0) is 40.7 Å². The van der Waals surface area contributed by atoms with E-state index in [0.29, 0.717) is 5.38 Å². The van der Waals surface area contributed by atoms with Gasteiger partial charge >= 0.3 is 20.5 Å². The number of ether oxygens (including phenoxy) is 2. The third kappa shape index (κ3) is 14.9. The molecule has 0 aliphatic rings. The van der Waals surface area contributed by atoms with Crippen molar-refractivity contribution in [2.75, 3.05) is 44.3 Å². The Balaban J connectivity index is 5.46. The molecular formula is C22H40NO11S2Si-. The molecule has 0 rings (SSSR count). The highest BCUT2D eigenvalue weighted by Gasteiger charge is 2.38. The smallest absolute Gasteiger partial charge is 0.344 e. The van der Waals surface area contributed by atoms with Crippen molar-refractivity contribution < 1.29 is 50.8 Å². The van der Waals surface area contributed by atoms with Gasteiger partial charge in [-0.2, -0.15) is 11.8 Å². The fourth-order valence-corrected chi connectivity index (χ4v) is 7.65. The summed E-state index contributed by atoms with van der Waals surface area (Å²) >= 11 is 1.39. The number of amides is 1. The third-order valence-corrected chi connectivity index (χ3v) is 11.6. The largest absolute Gasteiger partial charge is 0.748 e. The van der Waals surface area contributed by atoms with Crippen LogP contribution in [0.5, 0.6) is 0 Å². The predicted octanol–water partition coefficient (Wildman–Crippen LogP) is 0.729. The summed E-state index contributed by atoms with van der Waals surface area (Å²) in [6, 6.07) is 0. The molecule has 0 aromatic rings. The van der Waals surface area contributed by atoms with Crippen molar-refractivity contribution in [1.82, 2.24) is 5.32 Å². The molecule has 0 heterocycles. The normalized spacial score (nSPS) is 14.4. The summed E-state index contributed by atoms with van der Waals surface area (Å²) in [6.07, 6.45) is -0.299. The van der Waals surface area contributed by atoms with Gasteiger partial charge in [-0.3, -0.25) is 9.59 Å². The highest BCUT2D eigenvalue weighted by molar-refractivity contribution is 8.00. The highest BCUT2D eigenvalue weighted by atomic mass is 32.2. The molecule has 0 spiro atoms. The Morgan fingerprint density at radius 1 is 1.14 bits per heavy atom. The van der Waals surface area contributed by atoms with Crippen LogP contribution < -0.4 is 5.32 Å². The molecule has 0 radical (unpaired) electrons. The van der Waals surface area contributed by atoms with E-state index in [1.54, 1.807) is 13.8 Å². The lowest BCUT2D eigenvalue weighted by molar-refractivity contribution is -0.160. The van der Waals surface area contributed by atoms with E-state index in [9.17, 15) is 32.5 Å². The SMILES string of the molecule is C=CC(=O)OCC(O)COC(=O)C(C)(C)CC(CSC[Si](C)(OC)OC)C(=O)NC(C)(C)CS(=O)(=O)[O-]. The minimum absolute atomic E-state index is 0.0185. The maximum absolute atomic E-state index is 13.2. The number of hydrogen-bond donors (Lipinski definition) is 2. The summed E-state index contributed by atoms with van der Waals surface area (Å²) in [4.78, 5) is 37.0. The van der Waals surface area contributed by atoms with Crippen molar-refractivity contribution in [2.45, 2.75) is 52.3 Å². The molecule has 2 atom stereocenters. The van der Waals surface area contributed by atoms with Crippen LogP contribution in [0.4, 0.5) is 0 Å². The average molecular weight is 587 g/mol. The van der Waals surface area contributed by atoms with E-state index in [2.05, 4.69) is 11.9 Å². The van der Waals surface area contributed by atoms with Crippen LogP contribution in [0.2, 0.25) is 6.55 Å². The van der Waals surface area contributed by atoms with E-state index in [-0.39, 0.29) is 18.8 Å². The Labute approximate surface area is 224 Å². The van der Waals surface area contributed by atoms with Crippen LogP contribution in [0.25, 0.3) is 0 Å². The lowest BCUT2D eigenvalue weighted by Crippen LogP contribution is -2.51. The first kappa shape index (κ1) is 35.5. The lowest BCUT2D eigenvalue weighted by Gasteiger charge is -2.32. The summed E-state index contributed by atoms with van der Waals surface area (Å²) in [5, 5.41) is 13.0. The molecule has 12 nitrogen and oxygen atoms in total. The average Bonchev–Trinajstić information content (AvgIpc) is 2.77. The van der Waals surface area contributed by atoms with Crippen molar-refractivity contribution >= 4 is 48.3 Å². The molecule has 0 aliphatic heterocycles. The van der Waals surface area contributed by atoms with Crippen LogP contribution >= 0.6 is 11.8 Å². The molecule has 0 fully saturated rings. The number of rotatable bonds is 18. The van der Waals surface area contributed by atoms with Crippen molar-refractivity contribution in [3.63, 3.8) is 0 Å². The van der Waals surface area contributed by atoms with Gasteiger partial charge in [0.1, 0.15) is 19.3 Å². The van der Waals surface area contributed by atoms with E-state index >= 15 is 0 Å². The number of esters is 2. The molecule has 0 bridgehead atoms. The van der Waals surface area contributed by atoms with Crippen LogP contribution in [-0.4, -0.2) is 100 Å². The van der Waals surface area contributed by atoms with Gasteiger partial charge in [0, 0.05) is 42.9 Å². The summed E-state index contributed by atoms with van der Waals surface area (Å²) in [7, 11) is -3.98. The Hall–Kier alpha value is -1.49. The summed E-state index contributed by atoms with van der Waals surface area (Å²) < 4.78 is 54.5. The number of hydrogen-bond acceptors (Lipinski definition) is 12. The molecule has 0 aromatic carbocycles. The molecule has 0 aliphatic carbocycles. The van der Waals surface area contributed by atoms with Crippen molar-refractivity contribution in [2.24, 2.45) is 11.3 Å². The van der Waals surface area contributed by atoms with E-state index in [4.69, 9.17) is 18.3 Å². The fourth-order valence-electron chi connectivity index (χ4n) is 3.08. The maximum atomic E-state index is 13.2. The highest BCUT2D eigenvalue weighted by Crippen LogP contribution is 2.30. The van der Waals surface area contributed by atoms with Gasteiger partial charge in [-0.25, -0.2) is 13.2 Å². The predicted molar refractivity (Wildman–Crippen MR) is 140 cm³/mol. The van der Waals surface area contributed by atoms with E-state index in [0.717, 1.165) is 6.08 Å². The Kier molecular flexibility index (Phi) is 14.6. The summed E-state index contributed by atoms with van der Waals surface area (Å²) in [5.41, 5.74) is -2.52. The first-order valence-electron chi connectivity index (χ1n) is 11.4. The minimum Gasteiger partial charge on any atom is -0.748 e. The molecule has 216 valence electrons. The minimum atomic E-state index is -4.60. The van der Waals surface area contributed by atoms with Gasteiger partial charge in [-0.1, -0.05) is 6.58 Å². The first-order valence-corrected chi connectivity index (χ1v) is 16.6. The van der Waals surface area contributed by atoms with Crippen LogP contribution in [-0.2, 0) is 42.8 Å². The Morgan fingerprint density at radius 2 is 1.68 bits per heavy atom. The molecule has 15 heteroatoms. The molecule has 0 saturated heterocycles. The zero-order chi connectivity index (χ0) is 29.1. The second kappa shape index (κ2) is 15.2. The Morgan fingerprint density at radius 3 is 2.16 bits per heavy atom. The number of carbonyl (C=O) groups is 3. The zero-order valence-electron chi connectivity index (χ0n) is 22.5. The first-order chi connectivity index (χ1) is 16.8. The molecule has 2 N–H and O–H groups in total. The van der Waals surface area contributed by atoms with Crippen molar-refractivity contribution in [3.8, 4) is 0 Å². The van der Waals surface area contributed by atoms with Crippen LogP contribution in [0.3, 0.4) is 0 Å². The van der Waals surface area contributed by atoms with E-state index in [1.807, 2.05) is 6.55 Å². The number of carbonyl (C=O) groups excluding carboxylic acids is 3.